The lowest BCUT2D eigenvalue weighted by Crippen LogP contribution is -2.43. The van der Waals surface area contributed by atoms with Crippen LogP contribution in [-0.4, -0.2) is 45.8 Å². The molecule has 5 rings (SSSR count). The molecule has 7 heteroatoms. The zero-order valence-corrected chi connectivity index (χ0v) is 16.9. The molecule has 2 unspecified atom stereocenters. The Morgan fingerprint density at radius 2 is 2.04 bits per heavy atom. The Kier molecular flexibility index (Phi) is 5.19. The second-order valence-corrected chi connectivity index (χ2v) is 8.08. The van der Waals surface area contributed by atoms with E-state index in [4.69, 9.17) is 0 Å². The van der Waals surface area contributed by atoms with Crippen molar-refractivity contribution >= 4 is 18.3 Å². The molecule has 2 fully saturated rings. The Bertz CT molecular complexity index is 898. The van der Waals surface area contributed by atoms with E-state index in [2.05, 4.69) is 15.3 Å². The Morgan fingerprint density at radius 1 is 1.21 bits per heavy atom. The van der Waals surface area contributed by atoms with Crippen LogP contribution in [0.1, 0.15) is 53.0 Å². The van der Waals surface area contributed by atoms with Gasteiger partial charge in [0, 0.05) is 29.9 Å². The summed E-state index contributed by atoms with van der Waals surface area (Å²) >= 11 is 0. The van der Waals surface area contributed by atoms with Gasteiger partial charge < -0.3 is 10.2 Å². The molecule has 0 saturated carbocycles. The first-order chi connectivity index (χ1) is 13.1. The lowest BCUT2D eigenvalue weighted by atomic mass is 10.1. The van der Waals surface area contributed by atoms with E-state index in [1.54, 1.807) is 10.7 Å². The molecule has 2 saturated heterocycles. The predicted molar refractivity (Wildman–Crippen MR) is 108 cm³/mol. The monoisotopic (exact) mass is 404 g/mol. The van der Waals surface area contributed by atoms with Crippen molar-refractivity contribution in [2.75, 3.05) is 13.1 Å². The van der Waals surface area contributed by atoms with Crippen LogP contribution in [0.15, 0.2) is 18.2 Å². The number of benzene rings is 1. The van der Waals surface area contributed by atoms with Crippen molar-refractivity contribution in [3.05, 3.63) is 46.5 Å². The van der Waals surface area contributed by atoms with E-state index in [1.807, 2.05) is 13.0 Å². The highest BCUT2D eigenvalue weighted by Gasteiger charge is 2.41. The molecule has 3 aliphatic rings. The maximum absolute atomic E-state index is 14.6. The predicted octanol–water partition coefficient (Wildman–Crippen LogP) is 3.20. The molecule has 5 nitrogen and oxygen atoms in total. The highest BCUT2D eigenvalue weighted by Crippen LogP contribution is 2.34. The fourth-order valence-corrected chi connectivity index (χ4v) is 5.03. The molecule has 2 bridgehead atoms. The average Bonchev–Trinajstić information content (AvgIpc) is 3.28. The minimum atomic E-state index is -0.287. The molecule has 1 aromatic heterocycles. The molecular formula is C21H26ClFN4O. The third kappa shape index (κ3) is 3.03. The van der Waals surface area contributed by atoms with Gasteiger partial charge in [0.05, 0.1) is 0 Å². The number of hydrogen-bond acceptors (Lipinski definition) is 3. The van der Waals surface area contributed by atoms with Crippen molar-refractivity contribution in [2.24, 2.45) is 0 Å². The number of rotatable bonds is 2. The van der Waals surface area contributed by atoms with E-state index < -0.39 is 0 Å². The quantitative estimate of drug-likeness (QED) is 0.836. The third-order valence-corrected chi connectivity index (χ3v) is 6.35. The number of carbonyl (C=O) groups excluding carboxylic acids is 1. The van der Waals surface area contributed by atoms with Gasteiger partial charge in [-0.05, 0) is 69.7 Å². The van der Waals surface area contributed by atoms with Crippen LogP contribution in [-0.2, 0) is 12.8 Å². The minimum absolute atomic E-state index is 0. The van der Waals surface area contributed by atoms with Crippen molar-refractivity contribution in [1.82, 2.24) is 20.0 Å². The molecule has 2 aromatic rings. The maximum atomic E-state index is 14.6. The van der Waals surface area contributed by atoms with Gasteiger partial charge in [-0.1, -0.05) is 6.07 Å². The van der Waals surface area contributed by atoms with Crippen LogP contribution in [0.3, 0.4) is 0 Å². The highest BCUT2D eigenvalue weighted by atomic mass is 35.5. The van der Waals surface area contributed by atoms with Gasteiger partial charge in [0.25, 0.3) is 5.91 Å². The second-order valence-electron chi connectivity index (χ2n) is 8.08. The maximum Gasteiger partial charge on any atom is 0.275 e. The lowest BCUT2D eigenvalue weighted by Gasteiger charge is -2.27. The summed E-state index contributed by atoms with van der Waals surface area (Å²) in [5, 5.41) is 8.10. The van der Waals surface area contributed by atoms with E-state index in [-0.39, 0.29) is 30.2 Å². The topological polar surface area (TPSA) is 50.2 Å². The number of aryl methyl sites for hydroxylation is 1. The van der Waals surface area contributed by atoms with Gasteiger partial charge in [0.1, 0.15) is 11.5 Å². The first kappa shape index (κ1) is 19.4. The Hall–Kier alpha value is -1.92. The number of carbonyl (C=O) groups is 1. The van der Waals surface area contributed by atoms with Crippen LogP contribution < -0.4 is 5.32 Å². The number of nitrogens with zero attached hydrogens (tertiary/aromatic N) is 3. The van der Waals surface area contributed by atoms with Gasteiger partial charge >= 0.3 is 0 Å². The smallest absolute Gasteiger partial charge is 0.275 e. The van der Waals surface area contributed by atoms with Gasteiger partial charge in [-0.3, -0.25) is 4.79 Å². The van der Waals surface area contributed by atoms with Crippen LogP contribution in [0.5, 0.6) is 0 Å². The summed E-state index contributed by atoms with van der Waals surface area (Å²) in [7, 11) is 0. The first-order valence-corrected chi connectivity index (χ1v) is 10.0. The van der Waals surface area contributed by atoms with E-state index in [9.17, 15) is 9.18 Å². The molecule has 0 radical (unpaired) electrons. The molecule has 1 aromatic carbocycles. The molecule has 3 heterocycles. The molecule has 1 N–H and O–H groups in total. The van der Waals surface area contributed by atoms with Gasteiger partial charge in [-0.15, -0.1) is 12.4 Å². The number of amides is 1. The number of nitrogens with one attached hydrogen (secondary N) is 1. The van der Waals surface area contributed by atoms with Crippen molar-refractivity contribution < 1.29 is 9.18 Å². The molecular weight excluding hydrogens is 379 g/mol. The SMILES string of the molecule is Cc1ccc(-n2nc(C(=O)N3C4CCNCC3CC4)c3c2CCC3)c(F)c1.Cl. The second kappa shape index (κ2) is 7.48. The summed E-state index contributed by atoms with van der Waals surface area (Å²) < 4.78 is 16.3. The first-order valence-electron chi connectivity index (χ1n) is 10.0. The number of halogens is 2. The van der Waals surface area contributed by atoms with Crippen molar-refractivity contribution in [3.8, 4) is 5.69 Å². The number of aromatic nitrogens is 2. The molecule has 1 amide bonds. The molecule has 1 aliphatic carbocycles. The van der Waals surface area contributed by atoms with Gasteiger partial charge in [-0.25, -0.2) is 9.07 Å². The van der Waals surface area contributed by atoms with Crippen LogP contribution >= 0.6 is 12.4 Å². The Balaban J connectivity index is 0.00000192. The fraction of sp³-hybridized carbons (Fsp3) is 0.524. The zero-order chi connectivity index (χ0) is 18.5. The minimum Gasteiger partial charge on any atom is -0.330 e. The van der Waals surface area contributed by atoms with Gasteiger partial charge in [0.15, 0.2) is 5.69 Å². The van der Waals surface area contributed by atoms with Crippen LogP contribution in [0.4, 0.5) is 4.39 Å². The number of fused-ring (bicyclic) bond motifs is 3. The summed E-state index contributed by atoms with van der Waals surface area (Å²) in [6.45, 7) is 3.70. The van der Waals surface area contributed by atoms with Crippen molar-refractivity contribution in [1.29, 1.82) is 0 Å². The highest BCUT2D eigenvalue weighted by molar-refractivity contribution is 5.95. The van der Waals surface area contributed by atoms with E-state index in [0.29, 0.717) is 17.4 Å². The molecule has 2 aliphatic heterocycles. The van der Waals surface area contributed by atoms with Gasteiger partial charge in [0.2, 0.25) is 0 Å². The average molecular weight is 405 g/mol. The zero-order valence-electron chi connectivity index (χ0n) is 16.1. The molecule has 0 spiro atoms. The van der Waals surface area contributed by atoms with Crippen LogP contribution in [0, 0.1) is 12.7 Å². The lowest BCUT2D eigenvalue weighted by molar-refractivity contribution is 0.0672. The normalized spacial score (nSPS) is 23.3. The summed E-state index contributed by atoms with van der Waals surface area (Å²) in [5.41, 5.74) is 3.89. The molecule has 28 heavy (non-hydrogen) atoms. The standard InChI is InChI=1S/C21H25FN4O.ClH/c1-13-5-8-19(17(22)11-13)26-18-4-2-3-16(18)20(24-26)21(27)25-14-6-7-15(25)12-23-10-9-14;/h5,8,11,14-15,23H,2-4,6-7,9-10,12H2,1H3;1H. The summed E-state index contributed by atoms with van der Waals surface area (Å²) in [6.07, 6.45) is 5.82. The van der Waals surface area contributed by atoms with Crippen LogP contribution in [0.25, 0.3) is 5.69 Å². The van der Waals surface area contributed by atoms with E-state index >= 15 is 0 Å². The summed E-state index contributed by atoms with van der Waals surface area (Å²) in [6, 6.07) is 5.74. The summed E-state index contributed by atoms with van der Waals surface area (Å²) in [4.78, 5) is 15.6. The van der Waals surface area contributed by atoms with Crippen molar-refractivity contribution in [3.63, 3.8) is 0 Å². The van der Waals surface area contributed by atoms with E-state index in [0.717, 1.165) is 68.4 Å². The van der Waals surface area contributed by atoms with Gasteiger partial charge in [-0.2, -0.15) is 5.10 Å². The largest absolute Gasteiger partial charge is 0.330 e. The third-order valence-electron chi connectivity index (χ3n) is 6.35. The Labute approximate surface area is 170 Å². The molecule has 150 valence electrons. The van der Waals surface area contributed by atoms with E-state index in [1.165, 1.54) is 6.07 Å². The Morgan fingerprint density at radius 3 is 2.86 bits per heavy atom. The summed E-state index contributed by atoms with van der Waals surface area (Å²) in [5.74, 6) is -0.249. The van der Waals surface area contributed by atoms with Crippen LogP contribution in [0.2, 0.25) is 0 Å². The fourth-order valence-electron chi connectivity index (χ4n) is 5.03. The number of hydrogen-bond donors (Lipinski definition) is 1. The van der Waals surface area contributed by atoms with Crippen molar-refractivity contribution in [2.45, 2.75) is 57.5 Å². The molecule has 2 atom stereocenters.